The lowest BCUT2D eigenvalue weighted by Crippen LogP contribution is -1.94. The molecular formula is C14H14N2O3. The van der Waals surface area contributed by atoms with E-state index >= 15 is 0 Å². The standard InChI is InChI=1S/C14H14N2O3/c1-18-14-9-7-12(8-10-14)11-19-15-16(17)13-5-3-2-4-6-13/h2-10H,11H2,1H3/b16-15-. The van der Waals surface area contributed by atoms with Gasteiger partial charge in [0.1, 0.15) is 12.4 Å². The summed E-state index contributed by atoms with van der Waals surface area (Å²) in [5.74, 6) is 0.774. The first kappa shape index (κ1) is 12.9. The molecule has 0 heterocycles. The maximum Gasteiger partial charge on any atom is 0.248 e. The van der Waals surface area contributed by atoms with Gasteiger partial charge in [-0.1, -0.05) is 30.3 Å². The van der Waals surface area contributed by atoms with Crippen LogP contribution in [-0.4, -0.2) is 12.0 Å². The lowest BCUT2D eigenvalue weighted by atomic mass is 10.2. The lowest BCUT2D eigenvalue weighted by Gasteiger charge is -2.02. The summed E-state index contributed by atoms with van der Waals surface area (Å²) in [6, 6.07) is 16.0. The van der Waals surface area contributed by atoms with Gasteiger partial charge >= 0.3 is 0 Å². The number of benzene rings is 2. The molecule has 0 saturated carbocycles. The number of nitrogens with zero attached hydrogens (tertiary/aromatic N) is 2. The van der Waals surface area contributed by atoms with E-state index in [0.717, 1.165) is 11.3 Å². The maximum absolute atomic E-state index is 11.5. The fourth-order valence-corrected chi connectivity index (χ4v) is 1.48. The van der Waals surface area contributed by atoms with E-state index in [1.165, 1.54) is 0 Å². The molecule has 0 unspecified atom stereocenters. The summed E-state index contributed by atoms with van der Waals surface area (Å²) in [7, 11) is 1.61. The summed E-state index contributed by atoms with van der Waals surface area (Å²) < 4.78 is 5.05. The second-order valence-corrected chi connectivity index (χ2v) is 3.81. The van der Waals surface area contributed by atoms with Crippen molar-refractivity contribution in [2.24, 2.45) is 5.28 Å². The van der Waals surface area contributed by atoms with Crippen LogP contribution in [-0.2, 0) is 11.4 Å². The monoisotopic (exact) mass is 258 g/mol. The molecule has 0 fully saturated rings. The zero-order valence-corrected chi connectivity index (χ0v) is 10.5. The van der Waals surface area contributed by atoms with Crippen LogP contribution in [0.2, 0.25) is 0 Å². The van der Waals surface area contributed by atoms with Gasteiger partial charge in [0.25, 0.3) is 0 Å². The Bertz CT molecular complexity index is 538. The molecule has 0 amide bonds. The van der Waals surface area contributed by atoms with Crippen LogP contribution in [0.15, 0.2) is 59.9 Å². The van der Waals surface area contributed by atoms with Crippen LogP contribution in [0, 0.1) is 5.21 Å². The highest BCUT2D eigenvalue weighted by atomic mass is 16.7. The third kappa shape index (κ3) is 3.70. The zero-order chi connectivity index (χ0) is 13.5. The first-order chi connectivity index (χ1) is 9.29. The van der Waals surface area contributed by atoms with E-state index < -0.39 is 0 Å². The molecule has 0 saturated heterocycles. The molecule has 0 radical (unpaired) electrons. The van der Waals surface area contributed by atoms with Crippen molar-refractivity contribution >= 4 is 5.69 Å². The molecular weight excluding hydrogens is 244 g/mol. The largest absolute Gasteiger partial charge is 0.592 e. The smallest absolute Gasteiger partial charge is 0.248 e. The molecule has 2 aromatic carbocycles. The Hall–Kier alpha value is -2.56. The van der Waals surface area contributed by atoms with E-state index in [9.17, 15) is 5.21 Å². The molecule has 0 aliphatic heterocycles. The van der Waals surface area contributed by atoms with Crippen LogP contribution in [0.1, 0.15) is 5.56 Å². The number of methoxy groups -OCH3 is 1. The number of hydrogen-bond acceptors (Lipinski definition) is 4. The number of ether oxygens (including phenoxy) is 1. The van der Waals surface area contributed by atoms with Crippen molar-refractivity contribution in [1.29, 1.82) is 0 Å². The van der Waals surface area contributed by atoms with Crippen LogP contribution in [0.4, 0.5) is 5.69 Å². The van der Waals surface area contributed by atoms with E-state index in [2.05, 4.69) is 5.28 Å². The van der Waals surface area contributed by atoms with Crippen LogP contribution in [0.3, 0.4) is 0 Å². The van der Waals surface area contributed by atoms with Gasteiger partial charge in [0.2, 0.25) is 11.0 Å². The molecule has 0 spiro atoms. The van der Waals surface area contributed by atoms with Crippen LogP contribution >= 0.6 is 0 Å². The Morgan fingerprint density at radius 1 is 1.05 bits per heavy atom. The second-order valence-electron chi connectivity index (χ2n) is 3.81. The van der Waals surface area contributed by atoms with Crippen LogP contribution in [0.5, 0.6) is 5.75 Å². The molecule has 0 bridgehead atoms. The van der Waals surface area contributed by atoms with Crippen LogP contribution < -0.4 is 4.74 Å². The highest BCUT2D eigenvalue weighted by Gasteiger charge is 2.02. The van der Waals surface area contributed by atoms with Gasteiger partial charge in [0, 0.05) is 12.1 Å². The van der Waals surface area contributed by atoms with Crippen molar-refractivity contribution < 1.29 is 14.4 Å². The van der Waals surface area contributed by atoms with Gasteiger partial charge in [-0.3, -0.25) is 0 Å². The average Bonchev–Trinajstić information content (AvgIpc) is 2.49. The fourth-order valence-electron chi connectivity index (χ4n) is 1.48. The average molecular weight is 258 g/mol. The van der Waals surface area contributed by atoms with Crippen molar-refractivity contribution in [1.82, 2.24) is 0 Å². The minimum absolute atomic E-state index is 0.232. The minimum atomic E-state index is 0.232. The van der Waals surface area contributed by atoms with Gasteiger partial charge in [0.05, 0.1) is 7.11 Å². The Morgan fingerprint density at radius 3 is 2.37 bits per heavy atom. The first-order valence-corrected chi connectivity index (χ1v) is 5.78. The molecule has 0 atom stereocenters. The predicted molar refractivity (Wildman–Crippen MR) is 69.9 cm³/mol. The van der Waals surface area contributed by atoms with Crippen molar-refractivity contribution in [2.45, 2.75) is 6.61 Å². The summed E-state index contributed by atoms with van der Waals surface area (Å²) in [6.45, 7) is 0.232. The van der Waals surface area contributed by atoms with Crippen molar-refractivity contribution in [2.75, 3.05) is 7.11 Å². The summed E-state index contributed by atoms with van der Waals surface area (Å²) in [5.41, 5.74) is 1.34. The van der Waals surface area contributed by atoms with Gasteiger partial charge in [-0.2, -0.15) is 0 Å². The molecule has 19 heavy (non-hydrogen) atoms. The van der Waals surface area contributed by atoms with E-state index in [1.54, 1.807) is 31.4 Å². The Labute approximate surface area is 111 Å². The maximum atomic E-state index is 11.5. The molecule has 98 valence electrons. The summed E-state index contributed by atoms with van der Waals surface area (Å²) >= 11 is 0. The highest BCUT2D eigenvalue weighted by molar-refractivity contribution is 5.28. The molecule has 0 N–H and O–H groups in total. The molecule has 5 heteroatoms. The first-order valence-electron chi connectivity index (χ1n) is 5.78. The van der Waals surface area contributed by atoms with Crippen molar-refractivity contribution in [3.8, 4) is 5.75 Å². The zero-order valence-electron chi connectivity index (χ0n) is 10.5. The SMILES string of the molecule is COc1ccc(CO/N=[N+](\[O-])c2ccccc2)cc1. The molecule has 5 nitrogen and oxygen atoms in total. The van der Waals surface area contributed by atoms with E-state index in [0.29, 0.717) is 10.5 Å². The summed E-state index contributed by atoms with van der Waals surface area (Å²) in [5, 5.41) is 15.0. The van der Waals surface area contributed by atoms with Gasteiger partial charge in [-0.15, -0.1) is 0 Å². The van der Waals surface area contributed by atoms with E-state index in [-0.39, 0.29) is 6.61 Å². The summed E-state index contributed by atoms with van der Waals surface area (Å²) in [6.07, 6.45) is 0. The van der Waals surface area contributed by atoms with Crippen LogP contribution in [0.25, 0.3) is 0 Å². The molecule has 2 aromatic rings. The Kier molecular flexibility index (Phi) is 4.34. The molecule has 0 aromatic heterocycles. The third-order valence-electron chi connectivity index (χ3n) is 2.50. The third-order valence-corrected chi connectivity index (χ3v) is 2.50. The van der Waals surface area contributed by atoms with Crippen molar-refractivity contribution in [3.05, 3.63) is 65.4 Å². The molecule has 0 aliphatic carbocycles. The summed E-state index contributed by atoms with van der Waals surface area (Å²) in [4.78, 5) is 5.45. The fraction of sp³-hybridized carbons (Fsp3) is 0.143. The van der Waals surface area contributed by atoms with Gasteiger partial charge in [0.15, 0.2) is 0 Å². The molecule has 2 rings (SSSR count). The number of rotatable bonds is 5. The normalized spacial score (nSPS) is 11.1. The number of hydrogen-bond donors (Lipinski definition) is 0. The second kappa shape index (κ2) is 6.39. The van der Waals surface area contributed by atoms with E-state index in [1.807, 2.05) is 30.3 Å². The van der Waals surface area contributed by atoms with Gasteiger partial charge in [-0.05, 0) is 22.6 Å². The predicted octanol–water partition coefficient (Wildman–Crippen LogP) is 3.42. The van der Waals surface area contributed by atoms with Crippen molar-refractivity contribution in [3.63, 3.8) is 0 Å². The molecule has 0 aliphatic rings. The minimum Gasteiger partial charge on any atom is -0.592 e. The number of para-hydroxylation sites is 1. The van der Waals surface area contributed by atoms with Gasteiger partial charge in [-0.25, -0.2) is 0 Å². The van der Waals surface area contributed by atoms with Gasteiger partial charge < -0.3 is 14.8 Å². The Balaban J connectivity index is 1.92. The lowest BCUT2D eigenvalue weighted by molar-refractivity contribution is -0.480. The topological polar surface area (TPSA) is 56.9 Å². The Morgan fingerprint density at radius 2 is 1.74 bits per heavy atom. The highest BCUT2D eigenvalue weighted by Crippen LogP contribution is 2.13. The quantitative estimate of drug-likeness (QED) is 0.469. The van der Waals surface area contributed by atoms with E-state index in [4.69, 9.17) is 9.57 Å².